The van der Waals surface area contributed by atoms with Crippen molar-refractivity contribution >= 4 is 34.9 Å². The molecule has 3 nitrogen and oxygen atoms in total. The van der Waals surface area contributed by atoms with Crippen molar-refractivity contribution in [1.29, 1.82) is 0 Å². The van der Waals surface area contributed by atoms with Crippen LogP contribution in [0.2, 0.25) is 5.02 Å². The first-order valence-corrected chi connectivity index (χ1v) is 11.8. The van der Waals surface area contributed by atoms with Gasteiger partial charge in [0.1, 0.15) is 0 Å². The highest BCUT2D eigenvalue weighted by molar-refractivity contribution is 8.00. The van der Waals surface area contributed by atoms with Gasteiger partial charge >= 0.3 is 12.4 Å². The molecule has 2 aliphatic heterocycles. The number of benzene rings is 2. The lowest BCUT2D eigenvalue weighted by Crippen LogP contribution is -2.43. The molecule has 2 heterocycles. The van der Waals surface area contributed by atoms with Crippen molar-refractivity contribution in [3.8, 4) is 0 Å². The number of halogens is 7. The van der Waals surface area contributed by atoms with E-state index in [1.807, 2.05) is 0 Å². The van der Waals surface area contributed by atoms with Gasteiger partial charge in [-0.05, 0) is 59.7 Å². The van der Waals surface area contributed by atoms with E-state index in [2.05, 4.69) is 5.16 Å². The van der Waals surface area contributed by atoms with Crippen LogP contribution in [0.4, 0.5) is 26.3 Å². The summed E-state index contributed by atoms with van der Waals surface area (Å²) >= 11 is 7.49. The Morgan fingerprint density at radius 3 is 2.41 bits per heavy atom. The summed E-state index contributed by atoms with van der Waals surface area (Å²) in [5, 5.41) is 3.09. The molecule has 2 aliphatic rings. The van der Waals surface area contributed by atoms with Crippen LogP contribution in [0, 0.1) is 12.8 Å². The molecule has 1 atom stereocenters. The number of hydrogen-bond donors (Lipinski definition) is 0. The number of rotatable bonds is 5. The van der Waals surface area contributed by atoms with Gasteiger partial charge in [0, 0.05) is 29.0 Å². The molecule has 0 aromatic heterocycles. The number of ketones is 1. The van der Waals surface area contributed by atoms with E-state index in [9.17, 15) is 31.1 Å². The third kappa shape index (κ3) is 4.66. The number of Topliss-reactive ketones (excluding diaryl/α,β-unsaturated/α-hetero) is 1. The Kier molecular flexibility index (Phi) is 6.44. The minimum Gasteiger partial charge on any atom is -0.374 e. The average Bonchev–Trinajstić information content (AvgIpc) is 3.16. The molecule has 0 amide bonds. The summed E-state index contributed by atoms with van der Waals surface area (Å²) in [6.07, 6.45) is -10.4. The number of carbonyl (C=O) groups is 1. The summed E-state index contributed by atoms with van der Waals surface area (Å²) in [5.74, 6) is 2.14. The van der Waals surface area contributed by atoms with Crippen molar-refractivity contribution in [2.45, 2.75) is 37.7 Å². The maximum Gasteiger partial charge on any atom is 0.435 e. The molecule has 182 valence electrons. The number of alkyl halides is 6. The number of carbonyl (C=O) groups excluding carboxylic acids is 1. The molecule has 0 radical (unpaired) electrons. The zero-order valence-electron chi connectivity index (χ0n) is 17.7. The van der Waals surface area contributed by atoms with E-state index in [0.29, 0.717) is 35.6 Å². The Bertz CT molecular complexity index is 1160. The lowest BCUT2D eigenvalue weighted by molar-refractivity contribution is -0.276. The quantitative estimate of drug-likeness (QED) is 0.309. The van der Waals surface area contributed by atoms with E-state index < -0.39 is 40.5 Å². The van der Waals surface area contributed by atoms with Gasteiger partial charge in [-0.3, -0.25) is 4.79 Å². The van der Waals surface area contributed by atoms with E-state index >= 15 is 0 Å². The van der Waals surface area contributed by atoms with Crippen LogP contribution in [-0.2, 0) is 16.6 Å². The largest absolute Gasteiger partial charge is 0.435 e. The number of aryl methyl sites for hydroxylation is 1. The van der Waals surface area contributed by atoms with Crippen LogP contribution in [-0.4, -0.2) is 29.2 Å². The van der Waals surface area contributed by atoms with Crippen molar-refractivity contribution in [2.75, 3.05) is 11.5 Å². The van der Waals surface area contributed by atoms with Gasteiger partial charge in [0.15, 0.2) is 5.78 Å². The molecule has 1 saturated heterocycles. The first-order chi connectivity index (χ1) is 15.8. The highest BCUT2D eigenvalue weighted by atomic mass is 35.5. The third-order valence-corrected chi connectivity index (χ3v) is 7.55. The Balaban J connectivity index is 1.64. The van der Waals surface area contributed by atoms with Gasteiger partial charge in [0.25, 0.3) is 5.60 Å². The van der Waals surface area contributed by atoms with Crippen LogP contribution in [0.5, 0.6) is 0 Å². The number of hydrogen-bond acceptors (Lipinski definition) is 4. The minimum absolute atomic E-state index is 0.0396. The van der Waals surface area contributed by atoms with E-state index in [4.69, 9.17) is 16.4 Å². The Hall–Kier alpha value is -2.20. The molecule has 1 unspecified atom stereocenters. The third-order valence-electron chi connectivity index (χ3n) is 5.92. The smallest absolute Gasteiger partial charge is 0.374 e. The SMILES string of the molecule is Cc1cc(C2=NOC(c3cc(Cl)cc(C(F)(F)F)c3)(C(F)(F)F)C2)ccc1C(=O)CC1CSC1. The Morgan fingerprint density at radius 2 is 1.85 bits per heavy atom. The monoisotopic (exact) mass is 521 g/mol. The number of oxime groups is 1. The molecule has 2 aromatic rings. The van der Waals surface area contributed by atoms with E-state index in [1.54, 1.807) is 18.7 Å². The van der Waals surface area contributed by atoms with Crippen LogP contribution >= 0.6 is 23.4 Å². The Morgan fingerprint density at radius 1 is 1.15 bits per heavy atom. The normalized spacial score (nSPS) is 21.1. The van der Waals surface area contributed by atoms with Gasteiger partial charge in [-0.1, -0.05) is 28.9 Å². The lowest BCUT2D eigenvalue weighted by atomic mass is 9.85. The minimum atomic E-state index is -5.09. The summed E-state index contributed by atoms with van der Waals surface area (Å²) in [7, 11) is 0. The molecule has 4 rings (SSSR count). The fraction of sp³-hybridized carbons (Fsp3) is 0.391. The zero-order valence-corrected chi connectivity index (χ0v) is 19.3. The summed E-state index contributed by atoms with van der Waals surface area (Å²) in [5.41, 5.74) is -3.99. The molecule has 34 heavy (non-hydrogen) atoms. The maximum absolute atomic E-state index is 14.2. The fourth-order valence-corrected chi connectivity index (χ4v) is 5.02. The molecule has 2 aromatic carbocycles. The van der Waals surface area contributed by atoms with Gasteiger partial charge in [-0.2, -0.15) is 38.1 Å². The summed E-state index contributed by atoms with van der Waals surface area (Å²) < 4.78 is 82.2. The second kappa shape index (κ2) is 8.78. The Labute approximate surface area is 200 Å². The summed E-state index contributed by atoms with van der Waals surface area (Å²) in [6, 6.07) is 6.28. The highest BCUT2D eigenvalue weighted by Crippen LogP contribution is 2.50. The summed E-state index contributed by atoms with van der Waals surface area (Å²) in [6.45, 7) is 1.67. The van der Waals surface area contributed by atoms with E-state index in [-0.39, 0.29) is 17.1 Å². The lowest BCUT2D eigenvalue weighted by Gasteiger charge is -2.30. The molecule has 0 aliphatic carbocycles. The first kappa shape index (κ1) is 24.9. The molecule has 1 fully saturated rings. The fourth-order valence-electron chi connectivity index (χ4n) is 3.98. The van der Waals surface area contributed by atoms with E-state index in [1.165, 1.54) is 18.2 Å². The maximum atomic E-state index is 14.2. The van der Waals surface area contributed by atoms with Gasteiger partial charge in [0.2, 0.25) is 0 Å². The second-order valence-corrected chi connectivity index (χ2v) is 9.93. The van der Waals surface area contributed by atoms with Crippen LogP contribution < -0.4 is 0 Å². The van der Waals surface area contributed by atoms with Crippen LogP contribution in [0.1, 0.15) is 45.5 Å². The molecular weight excluding hydrogens is 504 g/mol. The first-order valence-electron chi connectivity index (χ1n) is 10.2. The topological polar surface area (TPSA) is 38.7 Å². The zero-order chi connectivity index (χ0) is 24.9. The molecule has 0 spiro atoms. The van der Waals surface area contributed by atoms with Gasteiger partial charge in [0.05, 0.1) is 11.3 Å². The second-order valence-electron chi connectivity index (χ2n) is 8.42. The van der Waals surface area contributed by atoms with Gasteiger partial charge in [-0.25, -0.2) is 0 Å². The van der Waals surface area contributed by atoms with Crippen molar-refractivity contribution in [1.82, 2.24) is 0 Å². The molecule has 0 bridgehead atoms. The van der Waals surface area contributed by atoms with Gasteiger partial charge in [-0.15, -0.1) is 0 Å². The standard InChI is InChI=1S/C23H18ClF6NO2S/c1-12-4-14(2-3-18(12)20(32)5-13-10-34-11-13)19-9-21(33-31-19,23(28,29)30)15-6-16(22(25,26)27)8-17(24)7-15/h2-4,6-8,13H,5,9-11H2,1H3. The summed E-state index contributed by atoms with van der Waals surface area (Å²) in [4.78, 5) is 17.4. The van der Waals surface area contributed by atoms with Crippen LogP contribution in [0.3, 0.4) is 0 Å². The van der Waals surface area contributed by atoms with Crippen LogP contribution in [0.15, 0.2) is 41.6 Å². The number of thioether (sulfide) groups is 1. The predicted molar refractivity (Wildman–Crippen MR) is 117 cm³/mol. The van der Waals surface area contributed by atoms with Crippen molar-refractivity contribution in [3.05, 3.63) is 69.2 Å². The predicted octanol–water partition coefficient (Wildman–Crippen LogP) is 7.19. The number of nitrogens with zero attached hydrogens (tertiary/aromatic N) is 1. The van der Waals surface area contributed by atoms with E-state index in [0.717, 1.165) is 17.6 Å². The highest BCUT2D eigenvalue weighted by Gasteiger charge is 2.62. The van der Waals surface area contributed by atoms with Crippen molar-refractivity contribution in [2.24, 2.45) is 11.1 Å². The average molecular weight is 522 g/mol. The van der Waals surface area contributed by atoms with Crippen LogP contribution in [0.25, 0.3) is 0 Å². The van der Waals surface area contributed by atoms with Gasteiger partial charge < -0.3 is 4.84 Å². The molecule has 11 heteroatoms. The molecular formula is C23H18ClF6NO2S. The molecule has 0 N–H and O–H groups in total. The van der Waals surface area contributed by atoms with Crippen molar-refractivity contribution in [3.63, 3.8) is 0 Å². The molecule has 0 saturated carbocycles. The van der Waals surface area contributed by atoms with Crippen molar-refractivity contribution < 1.29 is 36.0 Å².